The molecule has 1 rings (SSSR count). The number of rotatable bonds is 5. The SMILES string of the molecule is Cc1cc(CC(O)CN)c(C)n1CC(C)C. The van der Waals surface area contributed by atoms with Gasteiger partial charge in [-0.1, -0.05) is 13.8 Å². The molecule has 16 heavy (non-hydrogen) atoms. The highest BCUT2D eigenvalue weighted by Crippen LogP contribution is 2.18. The molecule has 0 spiro atoms. The van der Waals surface area contributed by atoms with Crippen LogP contribution in [0.5, 0.6) is 0 Å². The van der Waals surface area contributed by atoms with Gasteiger partial charge in [-0.15, -0.1) is 0 Å². The van der Waals surface area contributed by atoms with Gasteiger partial charge >= 0.3 is 0 Å². The van der Waals surface area contributed by atoms with Gasteiger partial charge in [-0.05, 0) is 31.4 Å². The van der Waals surface area contributed by atoms with E-state index in [-0.39, 0.29) is 0 Å². The molecule has 3 N–H and O–H groups in total. The Balaban J connectivity index is 2.88. The van der Waals surface area contributed by atoms with Crippen LogP contribution in [0.1, 0.15) is 30.8 Å². The largest absolute Gasteiger partial charge is 0.391 e. The number of hydrogen-bond acceptors (Lipinski definition) is 2. The molecule has 0 aliphatic carbocycles. The van der Waals surface area contributed by atoms with Crippen LogP contribution in [0.15, 0.2) is 6.07 Å². The van der Waals surface area contributed by atoms with E-state index in [4.69, 9.17) is 5.73 Å². The molecule has 1 atom stereocenters. The van der Waals surface area contributed by atoms with Crippen LogP contribution in [-0.4, -0.2) is 22.3 Å². The maximum Gasteiger partial charge on any atom is 0.0703 e. The minimum Gasteiger partial charge on any atom is -0.391 e. The molecule has 92 valence electrons. The van der Waals surface area contributed by atoms with E-state index < -0.39 is 6.10 Å². The predicted octanol–water partition coefficient (Wildman–Crippen LogP) is 1.62. The van der Waals surface area contributed by atoms with Crippen LogP contribution in [0.3, 0.4) is 0 Å². The summed E-state index contributed by atoms with van der Waals surface area (Å²) in [6.07, 6.45) is 0.238. The summed E-state index contributed by atoms with van der Waals surface area (Å²) in [5.74, 6) is 0.636. The standard InChI is InChI=1S/C13H24N2O/c1-9(2)8-15-10(3)5-12(11(15)4)6-13(16)7-14/h5,9,13,16H,6-8,14H2,1-4H3. The second kappa shape index (κ2) is 5.51. The number of nitrogens with two attached hydrogens (primary N) is 1. The van der Waals surface area contributed by atoms with Gasteiger partial charge in [0.05, 0.1) is 6.10 Å². The first kappa shape index (κ1) is 13.3. The summed E-state index contributed by atoms with van der Waals surface area (Å²) in [5, 5.41) is 9.58. The number of aliphatic hydroxyl groups excluding tert-OH is 1. The highest BCUT2D eigenvalue weighted by molar-refractivity contribution is 5.27. The van der Waals surface area contributed by atoms with Crippen molar-refractivity contribution in [2.45, 2.75) is 46.8 Å². The quantitative estimate of drug-likeness (QED) is 0.798. The van der Waals surface area contributed by atoms with Crippen LogP contribution < -0.4 is 5.73 Å². The topological polar surface area (TPSA) is 51.2 Å². The lowest BCUT2D eigenvalue weighted by Gasteiger charge is -2.13. The molecule has 0 aliphatic rings. The summed E-state index contributed by atoms with van der Waals surface area (Å²) >= 11 is 0. The molecule has 0 bridgehead atoms. The molecule has 0 radical (unpaired) electrons. The summed E-state index contributed by atoms with van der Waals surface area (Å²) in [4.78, 5) is 0. The van der Waals surface area contributed by atoms with Crippen molar-refractivity contribution in [3.05, 3.63) is 23.0 Å². The summed E-state index contributed by atoms with van der Waals surface area (Å²) < 4.78 is 2.32. The van der Waals surface area contributed by atoms with Gasteiger partial charge in [-0.25, -0.2) is 0 Å². The minimum atomic E-state index is -0.423. The molecule has 0 saturated carbocycles. The van der Waals surface area contributed by atoms with Crippen molar-refractivity contribution in [3.8, 4) is 0 Å². The Labute approximate surface area is 98.3 Å². The van der Waals surface area contributed by atoms with E-state index in [1.54, 1.807) is 0 Å². The first-order chi connectivity index (χ1) is 7.45. The van der Waals surface area contributed by atoms with Crippen molar-refractivity contribution in [3.63, 3.8) is 0 Å². The van der Waals surface area contributed by atoms with E-state index in [1.807, 2.05) is 0 Å². The third-order valence-electron chi connectivity index (χ3n) is 2.95. The van der Waals surface area contributed by atoms with Crippen molar-refractivity contribution in [1.29, 1.82) is 0 Å². The summed E-state index contributed by atoms with van der Waals surface area (Å²) in [6.45, 7) is 10.0. The van der Waals surface area contributed by atoms with Crippen molar-refractivity contribution in [2.24, 2.45) is 11.7 Å². The third kappa shape index (κ3) is 3.09. The molecule has 0 aromatic carbocycles. The average Bonchev–Trinajstić information content (AvgIpc) is 2.45. The van der Waals surface area contributed by atoms with E-state index in [9.17, 15) is 5.11 Å². The Morgan fingerprint density at radius 2 is 2.00 bits per heavy atom. The molecule has 0 fully saturated rings. The lowest BCUT2D eigenvalue weighted by molar-refractivity contribution is 0.183. The zero-order valence-corrected chi connectivity index (χ0v) is 10.8. The molecule has 0 aliphatic heterocycles. The maximum absolute atomic E-state index is 9.58. The molecular weight excluding hydrogens is 200 g/mol. The number of hydrogen-bond donors (Lipinski definition) is 2. The van der Waals surface area contributed by atoms with E-state index in [0.717, 1.165) is 6.54 Å². The zero-order chi connectivity index (χ0) is 12.3. The summed E-state index contributed by atoms with van der Waals surface area (Å²) in [7, 11) is 0. The van der Waals surface area contributed by atoms with Gasteiger partial charge in [0.15, 0.2) is 0 Å². The molecule has 1 heterocycles. The molecular formula is C13H24N2O. The Kier molecular flexibility index (Phi) is 4.56. The third-order valence-corrected chi connectivity index (χ3v) is 2.95. The van der Waals surface area contributed by atoms with Gasteiger partial charge in [0, 0.05) is 30.9 Å². The van der Waals surface area contributed by atoms with Crippen LogP contribution in [0, 0.1) is 19.8 Å². The van der Waals surface area contributed by atoms with Crippen molar-refractivity contribution < 1.29 is 5.11 Å². The number of aryl methyl sites for hydroxylation is 1. The van der Waals surface area contributed by atoms with Gasteiger partial charge in [0.25, 0.3) is 0 Å². The fraction of sp³-hybridized carbons (Fsp3) is 0.692. The fourth-order valence-electron chi connectivity index (χ4n) is 2.06. The highest BCUT2D eigenvalue weighted by atomic mass is 16.3. The average molecular weight is 224 g/mol. The van der Waals surface area contributed by atoms with Crippen LogP contribution >= 0.6 is 0 Å². The molecule has 1 unspecified atom stereocenters. The smallest absolute Gasteiger partial charge is 0.0703 e. The van der Waals surface area contributed by atoms with E-state index in [2.05, 4.69) is 38.3 Å². The van der Waals surface area contributed by atoms with Crippen LogP contribution in [0.4, 0.5) is 0 Å². The Morgan fingerprint density at radius 1 is 1.38 bits per heavy atom. The van der Waals surface area contributed by atoms with E-state index in [0.29, 0.717) is 18.9 Å². The first-order valence-electron chi connectivity index (χ1n) is 5.99. The Hall–Kier alpha value is -0.800. The predicted molar refractivity (Wildman–Crippen MR) is 67.5 cm³/mol. The molecule has 1 aromatic rings. The van der Waals surface area contributed by atoms with Crippen molar-refractivity contribution in [1.82, 2.24) is 4.57 Å². The Morgan fingerprint density at radius 3 is 2.50 bits per heavy atom. The maximum atomic E-state index is 9.58. The fourth-order valence-corrected chi connectivity index (χ4v) is 2.06. The lowest BCUT2D eigenvalue weighted by Crippen LogP contribution is -2.22. The monoisotopic (exact) mass is 224 g/mol. The molecule has 1 aromatic heterocycles. The minimum absolute atomic E-state index is 0.327. The van der Waals surface area contributed by atoms with E-state index in [1.165, 1.54) is 17.0 Å². The van der Waals surface area contributed by atoms with E-state index >= 15 is 0 Å². The normalized spacial score (nSPS) is 13.4. The van der Waals surface area contributed by atoms with Gasteiger partial charge in [0.1, 0.15) is 0 Å². The lowest BCUT2D eigenvalue weighted by atomic mass is 10.1. The van der Waals surface area contributed by atoms with Gasteiger partial charge in [-0.2, -0.15) is 0 Å². The second-order valence-corrected chi connectivity index (χ2v) is 4.99. The van der Waals surface area contributed by atoms with Gasteiger partial charge in [-0.3, -0.25) is 0 Å². The van der Waals surface area contributed by atoms with Crippen LogP contribution in [-0.2, 0) is 13.0 Å². The number of aliphatic hydroxyl groups is 1. The number of aromatic nitrogens is 1. The highest BCUT2D eigenvalue weighted by Gasteiger charge is 2.12. The molecule has 3 nitrogen and oxygen atoms in total. The summed E-state index contributed by atoms with van der Waals surface area (Å²) in [6, 6.07) is 2.16. The van der Waals surface area contributed by atoms with Crippen molar-refractivity contribution in [2.75, 3.05) is 6.54 Å². The molecule has 0 saturated heterocycles. The molecule has 0 amide bonds. The Bertz CT molecular complexity index is 342. The van der Waals surface area contributed by atoms with Gasteiger partial charge < -0.3 is 15.4 Å². The van der Waals surface area contributed by atoms with Gasteiger partial charge in [0.2, 0.25) is 0 Å². The van der Waals surface area contributed by atoms with Crippen LogP contribution in [0.2, 0.25) is 0 Å². The first-order valence-corrected chi connectivity index (χ1v) is 5.99. The second-order valence-electron chi connectivity index (χ2n) is 4.99. The number of nitrogens with zero attached hydrogens (tertiary/aromatic N) is 1. The van der Waals surface area contributed by atoms with Crippen LogP contribution in [0.25, 0.3) is 0 Å². The molecule has 3 heteroatoms. The van der Waals surface area contributed by atoms with Crippen molar-refractivity contribution >= 4 is 0 Å². The summed E-state index contributed by atoms with van der Waals surface area (Å²) in [5.41, 5.74) is 9.19. The zero-order valence-electron chi connectivity index (χ0n) is 10.8.